The summed E-state index contributed by atoms with van der Waals surface area (Å²) < 4.78 is 16.1. The molecule has 4 heteroatoms. The molecule has 0 aliphatic rings. The average Bonchev–Trinajstić information content (AvgIpc) is 2.72. The number of carbonyl (C=O) groups is 1. The minimum absolute atomic E-state index is 0.0954. The van der Waals surface area contributed by atoms with Crippen LogP contribution in [0, 0.1) is 5.92 Å². The molecule has 0 spiro atoms. The van der Waals surface area contributed by atoms with Crippen LogP contribution in [-0.4, -0.2) is 38.5 Å². The fourth-order valence-electron chi connectivity index (χ4n) is 3.62. The SMILES string of the molecule is CC(C)CCCCCCCCCCCCCCCOC(=O)CCCOCCOC(C)C. The molecule has 0 amide bonds. The molecule has 31 heavy (non-hydrogen) atoms. The van der Waals surface area contributed by atoms with Gasteiger partial charge in [0, 0.05) is 13.0 Å². The van der Waals surface area contributed by atoms with Gasteiger partial charge in [-0.3, -0.25) is 4.79 Å². The zero-order valence-electron chi connectivity index (χ0n) is 21.4. The van der Waals surface area contributed by atoms with E-state index < -0.39 is 0 Å². The molecule has 0 unspecified atom stereocenters. The largest absolute Gasteiger partial charge is 0.466 e. The molecule has 0 heterocycles. The predicted octanol–water partition coefficient (Wildman–Crippen LogP) is 7.87. The van der Waals surface area contributed by atoms with Crippen LogP contribution in [0.25, 0.3) is 0 Å². The second-order valence-corrected chi connectivity index (χ2v) is 9.63. The molecule has 4 nitrogen and oxygen atoms in total. The van der Waals surface area contributed by atoms with Gasteiger partial charge in [-0.1, -0.05) is 97.3 Å². The molecule has 0 aromatic heterocycles. The van der Waals surface area contributed by atoms with Gasteiger partial charge in [0.1, 0.15) is 0 Å². The highest BCUT2D eigenvalue weighted by Crippen LogP contribution is 2.14. The second-order valence-electron chi connectivity index (χ2n) is 9.63. The highest BCUT2D eigenvalue weighted by molar-refractivity contribution is 5.69. The van der Waals surface area contributed by atoms with Gasteiger partial charge in [0.15, 0.2) is 0 Å². The Bertz CT molecular complexity index is 368. The first-order valence-electron chi connectivity index (χ1n) is 13.4. The molecule has 0 aromatic rings. The van der Waals surface area contributed by atoms with E-state index in [0.717, 1.165) is 18.8 Å². The Morgan fingerprint density at radius 3 is 1.61 bits per heavy atom. The van der Waals surface area contributed by atoms with E-state index in [1.54, 1.807) is 0 Å². The van der Waals surface area contributed by atoms with E-state index >= 15 is 0 Å². The molecule has 0 aromatic carbocycles. The number of unbranched alkanes of at least 4 members (excludes halogenated alkanes) is 12. The van der Waals surface area contributed by atoms with E-state index in [2.05, 4.69) is 13.8 Å². The maximum Gasteiger partial charge on any atom is 0.305 e. The Labute approximate surface area is 194 Å². The summed E-state index contributed by atoms with van der Waals surface area (Å²) in [6.45, 7) is 11.0. The highest BCUT2D eigenvalue weighted by Gasteiger charge is 2.03. The zero-order valence-corrected chi connectivity index (χ0v) is 21.4. The lowest BCUT2D eigenvalue weighted by Gasteiger charge is -2.08. The van der Waals surface area contributed by atoms with Gasteiger partial charge in [-0.2, -0.15) is 0 Å². The standard InChI is InChI=1S/C27H54O4/c1-25(2)19-16-14-12-10-8-6-5-7-9-11-13-15-17-22-31-27(28)20-18-21-29-23-24-30-26(3)4/h25-26H,5-24H2,1-4H3. The lowest BCUT2D eigenvalue weighted by molar-refractivity contribution is -0.144. The molecule has 0 N–H and O–H groups in total. The van der Waals surface area contributed by atoms with Gasteiger partial charge in [-0.15, -0.1) is 0 Å². The first kappa shape index (κ1) is 30.4. The Morgan fingerprint density at radius 1 is 0.581 bits per heavy atom. The maximum atomic E-state index is 11.7. The molecule has 186 valence electrons. The first-order valence-corrected chi connectivity index (χ1v) is 13.4. The Kier molecular flexibility index (Phi) is 23.6. The van der Waals surface area contributed by atoms with E-state index in [9.17, 15) is 4.79 Å². The van der Waals surface area contributed by atoms with Gasteiger partial charge < -0.3 is 14.2 Å². The summed E-state index contributed by atoms with van der Waals surface area (Å²) in [5, 5.41) is 0. The molecule has 0 aliphatic carbocycles. The van der Waals surface area contributed by atoms with Crippen LogP contribution >= 0.6 is 0 Å². The van der Waals surface area contributed by atoms with E-state index in [4.69, 9.17) is 14.2 Å². The van der Waals surface area contributed by atoms with Crippen LogP contribution in [0.15, 0.2) is 0 Å². The van der Waals surface area contributed by atoms with Crippen molar-refractivity contribution in [2.75, 3.05) is 26.4 Å². The lowest BCUT2D eigenvalue weighted by Crippen LogP contribution is -2.11. The molecular formula is C27H54O4. The summed E-state index contributed by atoms with van der Waals surface area (Å²) >= 11 is 0. The second kappa shape index (κ2) is 24.0. The summed E-state index contributed by atoms with van der Waals surface area (Å²) in [6, 6.07) is 0. The van der Waals surface area contributed by atoms with Gasteiger partial charge in [-0.25, -0.2) is 0 Å². The van der Waals surface area contributed by atoms with Gasteiger partial charge in [0.05, 0.1) is 25.9 Å². The van der Waals surface area contributed by atoms with Crippen LogP contribution in [0.3, 0.4) is 0 Å². The van der Waals surface area contributed by atoms with Crippen LogP contribution in [0.5, 0.6) is 0 Å². The van der Waals surface area contributed by atoms with Crippen molar-refractivity contribution in [1.29, 1.82) is 0 Å². The molecular weight excluding hydrogens is 388 g/mol. The third-order valence-corrected chi connectivity index (χ3v) is 5.54. The van der Waals surface area contributed by atoms with Crippen LogP contribution in [0.4, 0.5) is 0 Å². The van der Waals surface area contributed by atoms with Crippen LogP contribution in [-0.2, 0) is 19.0 Å². The molecule has 0 saturated carbocycles. The number of hydrogen-bond donors (Lipinski definition) is 0. The molecule has 0 rings (SSSR count). The number of carbonyl (C=O) groups excluding carboxylic acids is 1. The van der Waals surface area contributed by atoms with E-state index in [1.165, 1.54) is 83.5 Å². The van der Waals surface area contributed by atoms with Gasteiger partial charge >= 0.3 is 5.97 Å². The fraction of sp³-hybridized carbons (Fsp3) is 0.963. The van der Waals surface area contributed by atoms with Gasteiger partial charge in [0.2, 0.25) is 0 Å². The fourth-order valence-corrected chi connectivity index (χ4v) is 3.62. The number of hydrogen-bond acceptors (Lipinski definition) is 4. The van der Waals surface area contributed by atoms with Crippen LogP contribution in [0.1, 0.15) is 130 Å². The minimum atomic E-state index is -0.0954. The third kappa shape index (κ3) is 27.4. The maximum absolute atomic E-state index is 11.7. The van der Waals surface area contributed by atoms with Crippen molar-refractivity contribution in [3.05, 3.63) is 0 Å². The van der Waals surface area contributed by atoms with Crippen LogP contribution in [0.2, 0.25) is 0 Å². The summed E-state index contributed by atoms with van der Waals surface area (Å²) in [7, 11) is 0. The van der Waals surface area contributed by atoms with Gasteiger partial charge in [0.25, 0.3) is 0 Å². The van der Waals surface area contributed by atoms with E-state index in [0.29, 0.717) is 32.8 Å². The molecule has 0 bridgehead atoms. The van der Waals surface area contributed by atoms with Crippen molar-refractivity contribution in [3.63, 3.8) is 0 Å². The van der Waals surface area contributed by atoms with Gasteiger partial charge in [-0.05, 0) is 32.6 Å². The first-order chi connectivity index (χ1) is 15.0. The molecule has 0 atom stereocenters. The molecule has 0 fully saturated rings. The van der Waals surface area contributed by atoms with E-state index in [-0.39, 0.29) is 12.1 Å². The molecule has 0 aliphatic heterocycles. The summed E-state index contributed by atoms with van der Waals surface area (Å²) in [5.74, 6) is 0.771. The number of rotatable bonds is 24. The lowest BCUT2D eigenvalue weighted by atomic mass is 10.0. The summed E-state index contributed by atoms with van der Waals surface area (Å²) in [6.07, 6.45) is 20.2. The van der Waals surface area contributed by atoms with Crippen molar-refractivity contribution in [3.8, 4) is 0 Å². The normalized spacial score (nSPS) is 11.5. The third-order valence-electron chi connectivity index (χ3n) is 5.54. The minimum Gasteiger partial charge on any atom is -0.466 e. The Hall–Kier alpha value is -0.610. The summed E-state index contributed by atoms with van der Waals surface area (Å²) in [4.78, 5) is 11.7. The van der Waals surface area contributed by atoms with Crippen molar-refractivity contribution in [2.24, 2.45) is 5.92 Å². The zero-order chi connectivity index (χ0) is 23.0. The van der Waals surface area contributed by atoms with E-state index in [1.807, 2.05) is 13.8 Å². The smallest absolute Gasteiger partial charge is 0.305 e. The van der Waals surface area contributed by atoms with Crippen LogP contribution < -0.4 is 0 Å². The number of esters is 1. The van der Waals surface area contributed by atoms with Crippen molar-refractivity contribution in [2.45, 2.75) is 137 Å². The molecule has 0 radical (unpaired) electrons. The highest BCUT2D eigenvalue weighted by atomic mass is 16.5. The predicted molar refractivity (Wildman–Crippen MR) is 132 cm³/mol. The average molecular weight is 443 g/mol. The Balaban J connectivity index is 3.15. The number of ether oxygens (including phenoxy) is 3. The monoisotopic (exact) mass is 442 g/mol. The topological polar surface area (TPSA) is 44.8 Å². The summed E-state index contributed by atoms with van der Waals surface area (Å²) in [5.41, 5.74) is 0. The molecule has 0 saturated heterocycles. The van der Waals surface area contributed by atoms with Crippen molar-refractivity contribution < 1.29 is 19.0 Å². The van der Waals surface area contributed by atoms with Crippen molar-refractivity contribution in [1.82, 2.24) is 0 Å². The Morgan fingerprint density at radius 2 is 1.10 bits per heavy atom. The van der Waals surface area contributed by atoms with Crippen molar-refractivity contribution >= 4 is 5.97 Å². The quantitative estimate of drug-likeness (QED) is 0.113.